The topological polar surface area (TPSA) is 71.3 Å². The van der Waals surface area contributed by atoms with Crippen LogP contribution in [-0.2, 0) is 6.54 Å². The van der Waals surface area contributed by atoms with Crippen molar-refractivity contribution in [1.82, 2.24) is 15.0 Å². The molecule has 2 N–H and O–H groups in total. The van der Waals surface area contributed by atoms with Gasteiger partial charge in [-0.1, -0.05) is 60.2 Å². The molecule has 0 spiro atoms. The highest BCUT2D eigenvalue weighted by Crippen LogP contribution is 2.27. The van der Waals surface area contributed by atoms with Crippen LogP contribution in [0.25, 0.3) is 22.2 Å². The molecule has 0 saturated carbocycles. The number of nitrogens with one attached hydrogen (secondary N) is 2. The number of hydrazone groups is 1. The summed E-state index contributed by atoms with van der Waals surface area (Å²) in [5.41, 5.74) is 9.78. The maximum Gasteiger partial charge on any atom is 0.271 e. The van der Waals surface area contributed by atoms with Crippen LogP contribution in [0.4, 0.5) is 15.2 Å². The Hall–Kier alpha value is -5.08. The average molecular weight is 560 g/mol. The van der Waals surface area contributed by atoms with Crippen LogP contribution >= 0.6 is 11.3 Å². The molecule has 0 radical (unpaired) electrons. The summed E-state index contributed by atoms with van der Waals surface area (Å²) in [5.74, 6) is -0.570. The number of carbonyl (C=O) groups is 1. The highest BCUT2D eigenvalue weighted by molar-refractivity contribution is 7.14. The number of fused-ring (bicyclic) bond motifs is 1. The molecule has 0 aliphatic rings. The van der Waals surface area contributed by atoms with Crippen LogP contribution < -0.4 is 10.7 Å². The van der Waals surface area contributed by atoms with Crippen LogP contribution in [0.5, 0.6) is 0 Å². The van der Waals surface area contributed by atoms with Gasteiger partial charge >= 0.3 is 0 Å². The van der Waals surface area contributed by atoms with Gasteiger partial charge in [-0.05, 0) is 55.0 Å². The van der Waals surface area contributed by atoms with Crippen molar-refractivity contribution in [1.29, 1.82) is 0 Å². The average Bonchev–Trinajstić information content (AvgIpc) is 3.59. The molecule has 8 heteroatoms. The number of rotatable bonds is 8. The van der Waals surface area contributed by atoms with Gasteiger partial charge in [-0.25, -0.2) is 14.8 Å². The van der Waals surface area contributed by atoms with E-state index in [1.54, 1.807) is 24.4 Å². The molecule has 0 aliphatic heterocycles. The highest BCUT2D eigenvalue weighted by Gasteiger charge is 2.10. The summed E-state index contributed by atoms with van der Waals surface area (Å²) in [4.78, 5) is 17.4. The zero-order valence-electron chi connectivity index (χ0n) is 22.2. The van der Waals surface area contributed by atoms with Crippen molar-refractivity contribution in [2.24, 2.45) is 5.10 Å². The standard InChI is InChI=1S/C33H26FN5OS/c1-22-9-15-28(16-10-22)36-33-37-30(21-41-33)24-11-13-25(14-12-24)32(40)38-35-18-26-20-39(31-8-3-2-7-29(26)31)19-23-5-4-6-27(34)17-23/h2-18,20-21H,19H2,1H3,(H,36,37)(H,38,40)/b35-18-. The van der Waals surface area contributed by atoms with Crippen LogP contribution in [0.15, 0.2) is 114 Å². The number of carbonyl (C=O) groups excluding carboxylic acids is 1. The molecule has 2 heterocycles. The number of anilines is 2. The van der Waals surface area contributed by atoms with Crippen LogP contribution in [0.3, 0.4) is 0 Å². The number of hydrogen-bond donors (Lipinski definition) is 2. The summed E-state index contributed by atoms with van der Waals surface area (Å²) in [6.07, 6.45) is 3.59. The Labute approximate surface area is 240 Å². The zero-order valence-corrected chi connectivity index (χ0v) is 23.0. The summed E-state index contributed by atoms with van der Waals surface area (Å²) < 4.78 is 15.7. The number of benzene rings is 4. The van der Waals surface area contributed by atoms with Crippen LogP contribution in [0, 0.1) is 12.7 Å². The Morgan fingerprint density at radius 1 is 1.00 bits per heavy atom. The third kappa shape index (κ3) is 6.08. The molecule has 41 heavy (non-hydrogen) atoms. The van der Waals surface area contributed by atoms with Crippen LogP contribution in [0.1, 0.15) is 27.0 Å². The van der Waals surface area contributed by atoms with Crippen molar-refractivity contribution in [2.75, 3.05) is 5.32 Å². The van der Waals surface area contributed by atoms with Gasteiger partial charge in [-0.15, -0.1) is 11.3 Å². The maximum absolute atomic E-state index is 13.7. The van der Waals surface area contributed by atoms with Crippen molar-refractivity contribution < 1.29 is 9.18 Å². The molecule has 0 unspecified atom stereocenters. The van der Waals surface area contributed by atoms with E-state index < -0.39 is 0 Å². The van der Waals surface area contributed by atoms with E-state index in [1.165, 1.54) is 29.0 Å². The molecule has 6 nitrogen and oxygen atoms in total. The first kappa shape index (κ1) is 26.2. The molecule has 0 saturated heterocycles. The van der Waals surface area contributed by atoms with E-state index in [0.717, 1.165) is 44.1 Å². The Bertz CT molecular complexity index is 1860. The smallest absolute Gasteiger partial charge is 0.271 e. The molecule has 0 bridgehead atoms. The fourth-order valence-electron chi connectivity index (χ4n) is 4.58. The van der Waals surface area contributed by atoms with E-state index in [2.05, 4.69) is 39.9 Å². The molecule has 202 valence electrons. The van der Waals surface area contributed by atoms with Gasteiger partial charge in [0, 0.05) is 51.4 Å². The molecule has 0 aliphatic carbocycles. The van der Waals surface area contributed by atoms with Gasteiger partial charge in [0.2, 0.25) is 0 Å². The van der Waals surface area contributed by atoms with E-state index in [-0.39, 0.29) is 11.7 Å². The first-order valence-electron chi connectivity index (χ1n) is 13.1. The van der Waals surface area contributed by atoms with Crippen molar-refractivity contribution in [3.63, 3.8) is 0 Å². The first-order chi connectivity index (χ1) is 20.0. The second-order valence-electron chi connectivity index (χ2n) is 9.66. The molecule has 0 atom stereocenters. The number of thiazole rings is 1. The minimum Gasteiger partial charge on any atom is -0.342 e. The third-order valence-electron chi connectivity index (χ3n) is 6.68. The third-order valence-corrected chi connectivity index (χ3v) is 7.44. The van der Waals surface area contributed by atoms with Crippen molar-refractivity contribution in [2.45, 2.75) is 13.5 Å². The van der Waals surface area contributed by atoms with Gasteiger partial charge in [0.25, 0.3) is 5.91 Å². The van der Waals surface area contributed by atoms with Crippen molar-refractivity contribution >= 4 is 45.2 Å². The Balaban J connectivity index is 1.11. The molecule has 6 rings (SSSR count). The minimum absolute atomic E-state index is 0.261. The summed E-state index contributed by atoms with van der Waals surface area (Å²) in [6.45, 7) is 2.58. The fourth-order valence-corrected chi connectivity index (χ4v) is 5.32. The molecular formula is C33H26FN5OS. The SMILES string of the molecule is Cc1ccc(Nc2nc(-c3ccc(C(=O)N/N=C\c4cn(Cc5cccc(F)c5)c5ccccc45)cc3)cs2)cc1. The maximum atomic E-state index is 13.7. The number of nitrogens with zero attached hydrogens (tertiary/aromatic N) is 3. The number of aromatic nitrogens is 2. The highest BCUT2D eigenvalue weighted by atomic mass is 32.1. The van der Waals surface area contributed by atoms with Gasteiger partial charge in [0.05, 0.1) is 11.9 Å². The van der Waals surface area contributed by atoms with E-state index in [9.17, 15) is 9.18 Å². The van der Waals surface area contributed by atoms with Gasteiger partial charge < -0.3 is 9.88 Å². The molecule has 1 amide bonds. The Morgan fingerprint density at radius 2 is 1.80 bits per heavy atom. The van der Waals surface area contributed by atoms with Crippen molar-refractivity contribution in [3.8, 4) is 11.3 Å². The number of aryl methyl sites for hydroxylation is 1. The molecule has 4 aromatic carbocycles. The minimum atomic E-state index is -0.309. The van der Waals surface area contributed by atoms with Gasteiger partial charge in [0.1, 0.15) is 5.82 Å². The number of amides is 1. The van der Waals surface area contributed by atoms with Gasteiger partial charge in [-0.2, -0.15) is 5.10 Å². The Morgan fingerprint density at radius 3 is 2.61 bits per heavy atom. The zero-order chi connectivity index (χ0) is 28.2. The second kappa shape index (κ2) is 11.6. The number of para-hydroxylation sites is 1. The second-order valence-corrected chi connectivity index (χ2v) is 10.5. The quantitative estimate of drug-likeness (QED) is 0.148. The molecular weight excluding hydrogens is 533 g/mol. The lowest BCUT2D eigenvalue weighted by molar-refractivity contribution is 0.0955. The van der Waals surface area contributed by atoms with Crippen LogP contribution in [0.2, 0.25) is 0 Å². The van der Waals surface area contributed by atoms with Crippen molar-refractivity contribution in [3.05, 3.63) is 137 Å². The van der Waals surface area contributed by atoms with Gasteiger partial charge in [0.15, 0.2) is 5.13 Å². The van der Waals surface area contributed by atoms with E-state index in [0.29, 0.717) is 12.1 Å². The summed E-state index contributed by atoms with van der Waals surface area (Å²) in [5, 5.41) is 11.3. The lowest BCUT2D eigenvalue weighted by Gasteiger charge is -2.05. The van der Waals surface area contributed by atoms with E-state index in [4.69, 9.17) is 0 Å². The normalized spacial score (nSPS) is 11.3. The van der Waals surface area contributed by atoms with Gasteiger partial charge in [-0.3, -0.25) is 4.79 Å². The predicted octanol–water partition coefficient (Wildman–Crippen LogP) is 7.77. The molecule has 6 aromatic rings. The van der Waals surface area contributed by atoms with Crippen LogP contribution in [-0.4, -0.2) is 21.7 Å². The van der Waals surface area contributed by atoms with E-state index >= 15 is 0 Å². The fraction of sp³-hybridized carbons (Fsp3) is 0.0606. The lowest BCUT2D eigenvalue weighted by atomic mass is 10.1. The Kier molecular flexibility index (Phi) is 7.38. The number of hydrogen-bond acceptors (Lipinski definition) is 5. The lowest BCUT2D eigenvalue weighted by Crippen LogP contribution is -2.17. The molecule has 0 fully saturated rings. The summed E-state index contributed by atoms with van der Waals surface area (Å²) in [7, 11) is 0. The summed E-state index contributed by atoms with van der Waals surface area (Å²) >= 11 is 1.53. The summed E-state index contributed by atoms with van der Waals surface area (Å²) in [6, 6.07) is 29.9. The largest absolute Gasteiger partial charge is 0.342 e. The monoisotopic (exact) mass is 559 g/mol. The first-order valence-corrected chi connectivity index (χ1v) is 14.0. The number of halogens is 1. The molecule has 2 aromatic heterocycles. The predicted molar refractivity (Wildman–Crippen MR) is 165 cm³/mol. The van der Waals surface area contributed by atoms with E-state index in [1.807, 2.05) is 70.7 Å².